The Hall–Kier alpha value is -2.36. The van der Waals surface area contributed by atoms with Gasteiger partial charge >= 0.3 is 0 Å². The summed E-state index contributed by atoms with van der Waals surface area (Å²) in [7, 11) is 0. The van der Waals surface area contributed by atoms with Crippen molar-refractivity contribution >= 4 is 23.3 Å². The van der Waals surface area contributed by atoms with Crippen LogP contribution in [0.5, 0.6) is 0 Å². The minimum absolute atomic E-state index is 0.774. The number of imidazole rings is 1. The standard InChI is InChI=1S/C15H14N4/c1-9-17-14-11(6-7-16-15(14)18-9)13-8-10-4-2-3-5-12(10)19-13/h4-8,19H,2-3H2,1H3,(H,16,17,18). The number of hydrogen-bond donors (Lipinski definition) is 2. The monoisotopic (exact) mass is 250 g/mol. The summed E-state index contributed by atoms with van der Waals surface area (Å²) in [5, 5.41) is 2.52. The molecule has 94 valence electrons. The highest BCUT2D eigenvalue weighted by atomic mass is 15.0. The molecular formula is C15H14N4. The van der Waals surface area contributed by atoms with Crippen molar-refractivity contribution < 1.29 is 0 Å². The lowest BCUT2D eigenvalue weighted by atomic mass is 10.1. The normalized spacial score (nSPS) is 13.9. The van der Waals surface area contributed by atoms with Gasteiger partial charge in [0.15, 0.2) is 5.65 Å². The third-order valence-electron chi connectivity index (χ3n) is 3.56. The molecule has 1 aliphatic rings. The van der Waals surface area contributed by atoms with Gasteiger partial charge in [0.05, 0.1) is 5.52 Å². The summed E-state index contributed by atoms with van der Waals surface area (Å²) in [5.41, 5.74) is 4.02. The molecule has 4 rings (SSSR count). The molecule has 3 heterocycles. The molecule has 0 saturated carbocycles. The summed E-state index contributed by atoms with van der Waals surface area (Å²) < 4.78 is 0. The molecule has 4 heteroatoms. The van der Waals surface area contributed by atoms with Crippen molar-refractivity contribution in [1.82, 2.24) is 19.9 Å². The van der Waals surface area contributed by atoms with Crippen LogP contribution in [0.1, 0.15) is 18.7 Å². The molecule has 0 saturated heterocycles. The van der Waals surface area contributed by atoms with Crippen LogP contribution in [0.15, 0.2) is 18.3 Å². The minimum atomic E-state index is 0.774. The first-order chi connectivity index (χ1) is 9.31. The summed E-state index contributed by atoms with van der Waals surface area (Å²) in [5.74, 6) is 0.893. The van der Waals surface area contributed by atoms with Gasteiger partial charge in [0.2, 0.25) is 0 Å². The minimum Gasteiger partial charge on any atom is -0.355 e. The topological polar surface area (TPSA) is 57.4 Å². The fourth-order valence-electron chi connectivity index (χ4n) is 2.69. The van der Waals surface area contributed by atoms with Crippen LogP contribution in [-0.2, 0) is 0 Å². The number of aromatic nitrogens is 4. The molecule has 0 spiro atoms. The van der Waals surface area contributed by atoms with Gasteiger partial charge in [0.25, 0.3) is 0 Å². The maximum Gasteiger partial charge on any atom is 0.178 e. The fraction of sp³-hybridized carbons (Fsp3) is 0.200. The Morgan fingerprint density at radius 1 is 1.16 bits per heavy atom. The average molecular weight is 250 g/mol. The van der Waals surface area contributed by atoms with E-state index in [9.17, 15) is 0 Å². The Labute approximate surface area is 109 Å². The number of aromatic amines is 2. The molecule has 2 N–H and O–H groups in total. The molecule has 0 amide bonds. The predicted molar refractivity (Wildman–Crippen MR) is 75.8 cm³/mol. The number of nitrogens with zero attached hydrogens (tertiary/aromatic N) is 2. The molecule has 3 aromatic heterocycles. The van der Waals surface area contributed by atoms with E-state index in [4.69, 9.17) is 0 Å². The van der Waals surface area contributed by atoms with Crippen molar-refractivity contribution in [1.29, 1.82) is 0 Å². The van der Waals surface area contributed by atoms with E-state index >= 15 is 0 Å². The van der Waals surface area contributed by atoms with E-state index in [-0.39, 0.29) is 0 Å². The zero-order valence-corrected chi connectivity index (χ0v) is 10.7. The van der Waals surface area contributed by atoms with Gasteiger partial charge in [-0.1, -0.05) is 12.2 Å². The van der Waals surface area contributed by atoms with E-state index in [1.54, 1.807) is 0 Å². The van der Waals surface area contributed by atoms with Crippen molar-refractivity contribution in [2.45, 2.75) is 19.8 Å². The first-order valence-electron chi connectivity index (χ1n) is 6.52. The van der Waals surface area contributed by atoms with E-state index in [1.165, 1.54) is 10.6 Å². The van der Waals surface area contributed by atoms with E-state index in [2.05, 4.69) is 38.2 Å². The third kappa shape index (κ3) is 1.60. The Morgan fingerprint density at radius 2 is 2.05 bits per heavy atom. The molecule has 0 atom stereocenters. The van der Waals surface area contributed by atoms with E-state index in [0.29, 0.717) is 0 Å². The molecule has 0 radical (unpaired) electrons. The third-order valence-corrected chi connectivity index (χ3v) is 3.56. The first kappa shape index (κ1) is 10.6. The van der Waals surface area contributed by atoms with Crippen molar-refractivity contribution in [3.63, 3.8) is 0 Å². The van der Waals surface area contributed by atoms with E-state index < -0.39 is 0 Å². The number of nitrogens with one attached hydrogen (secondary N) is 2. The van der Waals surface area contributed by atoms with Crippen LogP contribution in [0.25, 0.3) is 34.6 Å². The highest BCUT2D eigenvalue weighted by molar-refractivity contribution is 5.88. The molecule has 0 bridgehead atoms. The molecule has 19 heavy (non-hydrogen) atoms. The van der Waals surface area contributed by atoms with E-state index in [1.807, 2.05) is 19.2 Å². The highest BCUT2D eigenvalue weighted by Gasteiger charge is 2.10. The number of fused-ring (bicyclic) bond motifs is 2. The average Bonchev–Trinajstić information content (AvgIpc) is 2.99. The lowest BCUT2D eigenvalue weighted by Crippen LogP contribution is -2.23. The van der Waals surface area contributed by atoms with Gasteiger partial charge in [0.1, 0.15) is 5.82 Å². The largest absolute Gasteiger partial charge is 0.355 e. The van der Waals surface area contributed by atoms with Crippen LogP contribution in [0.2, 0.25) is 0 Å². The fourth-order valence-corrected chi connectivity index (χ4v) is 2.69. The van der Waals surface area contributed by atoms with Crippen LogP contribution < -0.4 is 10.6 Å². The number of H-pyrrole nitrogens is 2. The van der Waals surface area contributed by atoms with E-state index in [0.717, 1.165) is 41.1 Å². The quantitative estimate of drug-likeness (QED) is 0.689. The number of aryl methyl sites for hydroxylation is 1. The predicted octanol–water partition coefficient (Wildman–Crippen LogP) is 1.62. The van der Waals surface area contributed by atoms with Gasteiger partial charge in [-0.15, -0.1) is 0 Å². The molecule has 0 aromatic carbocycles. The van der Waals surface area contributed by atoms with Gasteiger partial charge in [-0.2, -0.15) is 0 Å². The second-order valence-corrected chi connectivity index (χ2v) is 4.92. The van der Waals surface area contributed by atoms with Crippen molar-refractivity contribution in [3.05, 3.63) is 34.7 Å². The molecule has 1 aliphatic carbocycles. The Morgan fingerprint density at radius 3 is 2.95 bits per heavy atom. The molecule has 0 aliphatic heterocycles. The second-order valence-electron chi connectivity index (χ2n) is 4.92. The SMILES string of the molecule is Cc1nc2nccc(-c3cc4c([nH]3)=CCCC=4)c2[nH]1. The molecule has 0 unspecified atom stereocenters. The number of hydrogen-bond acceptors (Lipinski definition) is 2. The number of pyridine rings is 1. The highest BCUT2D eigenvalue weighted by Crippen LogP contribution is 2.23. The molecule has 0 fully saturated rings. The summed E-state index contributed by atoms with van der Waals surface area (Å²) in [6, 6.07) is 4.23. The van der Waals surface area contributed by atoms with Crippen molar-refractivity contribution in [2.75, 3.05) is 0 Å². The number of rotatable bonds is 1. The van der Waals surface area contributed by atoms with Gasteiger partial charge in [-0.25, -0.2) is 9.97 Å². The lowest BCUT2D eigenvalue weighted by Gasteiger charge is -1.98. The summed E-state index contributed by atoms with van der Waals surface area (Å²) in [6.07, 6.45) is 8.59. The van der Waals surface area contributed by atoms with Crippen LogP contribution in [-0.4, -0.2) is 19.9 Å². The molecular weight excluding hydrogens is 236 g/mol. The molecule has 4 nitrogen and oxygen atoms in total. The van der Waals surface area contributed by atoms with Gasteiger partial charge in [-0.3, -0.25) is 0 Å². The van der Waals surface area contributed by atoms with Crippen LogP contribution >= 0.6 is 0 Å². The van der Waals surface area contributed by atoms with Crippen molar-refractivity contribution in [3.8, 4) is 11.3 Å². The summed E-state index contributed by atoms with van der Waals surface area (Å²) in [6.45, 7) is 1.95. The zero-order valence-electron chi connectivity index (χ0n) is 10.7. The Kier molecular flexibility index (Phi) is 2.12. The lowest BCUT2D eigenvalue weighted by molar-refractivity contribution is 1.10. The summed E-state index contributed by atoms with van der Waals surface area (Å²) >= 11 is 0. The van der Waals surface area contributed by atoms with Crippen LogP contribution in [0.4, 0.5) is 0 Å². The maximum absolute atomic E-state index is 4.39. The summed E-state index contributed by atoms with van der Waals surface area (Å²) in [4.78, 5) is 15.5. The van der Waals surface area contributed by atoms with Crippen molar-refractivity contribution in [2.24, 2.45) is 0 Å². The maximum atomic E-state index is 4.39. The van der Waals surface area contributed by atoms with Gasteiger partial charge in [-0.05, 0) is 37.1 Å². The smallest absolute Gasteiger partial charge is 0.178 e. The Balaban J connectivity index is 2.02. The van der Waals surface area contributed by atoms with Crippen LogP contribution in [0.3, 0.4) is 0 Å². The van der Waals surface area contributed by atoms with Gasteiger partial charge in [0, 0.05) is 22.8 Å². The second kappa shape index (κ2) is 3.82. The van der Waals surface area contributed by atoms with Crippen LogP contribution in [0, 0.1) is 6.92 Å². The first-order valence-corrected chi connectivity index (χ1v) is 6.52. The van der Waals surface area contributed by atoms with Gasteiger partial charge < -0.3 is 9.97 Å². The molecule has 3 aromatic rings. The Bertz CT molecular complexity index is 849. The zero-order chi connectivity index (χ0) is 12.8.